The van der Waals surface area contributed by atoms with Gasteiger partial charge in [-0.25, -0.2) is 14.8 Å². The zero-order valence-electron chi connectivity index (χ0n) is 18.4. The van der Waals surface area contributed by atoms with Crippen LogP contribution in [0.5, 0.6) is 0 Å². The van der Waals surface area contributed by atoms with Crippen LogP contribution in [0.2, 0.25) is 0 Å². The zero-order chi connectivity index (χ0) is 21.3. The lowest BCUT2D eigenvalue weighted by atomic mass is 10.0. The number of hydrogen-bond acceptors (Lipinski definition) is 6. The second-order valence-corrected chi connectivity index (χ2v) is 9.23. The van der Waals surface area contributed by atoms with Gasteiger partial charge < -0.3 is 19.9 Å². The second kappa shape index (κ2) is 8.22. The fourth-order valence-corrected chi connectivity index (χ4v) is 3.89. The van der Waals surface area contributed by atoms with Crippen LogP contribution in [0.1, 0.15) is 43.2 Å². The zero-order valence-corrected chi connectivity index (χ0v) is 18.4. The summed E-state index contributed by atoms with van der Waals surface area (Å²) >= 11 is 0. The number of carbonyl (C=O) groups is 1. The van der Waals surface area contributed by atoms with E-state index in [0.717, 1.165) is 49.3 Å². The molecule has 2 aromatic rings. The van der Waals surface area contributed by atoms with Crippen LogP contribution in [0.4, 0.5) is 16.4 Å². The maximum atomic E-state index is 12.4. The summed E-state index contributed by atoms with van der Waals surface area (Å²) in [6, 6.07) is 6.52. The van der Waals surface area contributed by atoms with Crippen LogP contribution in [0.25, 0.3) is 0 Å². The highest BCUT2D eigenvalue weighted by atomic mass is 16.6. The molecular formula is C23H31N5O2. The van der Waals surface area contributed by atoms with Gasteiger partial charge in [0.2, 0.25) is 5.95 Å². The summed E-state index contributed by atoms with van der Waals surface area (Å²) in [6.07, 6.45) is 4.45. The molecule has 0 unspecified atom stereocenters. The van der Waals surface area contributed by atoms with Gasteiger partial charge in [0.1, 0.15) is 5.60 Å². The molecule has 2 aliphatic heterocycles. The van der Waals surface area contributed by atoms with Crippen molar-refractivity contribution in [3.63, 3.8) is 0 Å². The molecular weight excluding hydrogens is 378 g/mol. The minimum Gasteiger partial charge on any atom is -0.444 e. The lowest BCUT2D eigenvalue weighted by molar-refractivity contribution is 0.0220. The summed E-state index contributed by atoms with van der Waals surface area (Å²) in [6.45, 7) is 8.88. The third kappa shape index (κ3) is 4.90. The molecule has 30 heavy (non-hydrogen) atoms. The van der Waals surface area contributed by atoms with E-state index in [1.807, 2.05) is 27.0 Å². The SMILES string of the molecule is CN1CCc2ccc(Nc3ncc4c(n3)CN(C(=O)OC(C)(C)C)CC4)cc2CC1. The molecule has 4 rings (SSSR count). The van der Waals surface area contributed by atoms with Gasteiger partial charge in [0.05, 0.1) is 12.2 Å². The Morgan fingerprint density at radius 3 is 2.57 bits per heavy atom. The number of likely N-dealkylation sites (N-methyl/N-ethyl adjacent to an activating group) is 1. The highest BCUT2D eigenvalue weighted by Gasteiger charge is 2.26. The Hall–Kier alpha value is -2.67. The Morgan fingerprint density at radius 2 is 1.80 bits per heavy atom. The monoisotopic (exact) mass is 409 g/mol. The van der Waals surface area contributed by atoms with Gasteiger partial charge in [-0.2, -0.15) is 0 Å². The van der Waals surface area contributed by atoms with E-state index in [2.05, 4.69) is 40.4 Å². The van der Waals surface area contributed by atoms with Gasteiger partial charge in [0.25, 0.3) is 0 Å². The first-order valence-corrected chi connectivity index (χ1v) is 10.7. The van der Waals surface area contributed by atoms with Crippen LogP contribution < -0.4 is 5.32 Å². The number of rotatable bonds is 2. The normalized spacial score (nSPS) is 17.0. The molecule has 0 saturated carbocycles. The molecule has 0 aliphatic carbocycles. The van der Waals surface area contributed by atoms with Crippen molar-refractivity contribution >= 4 is 17.7 Å². The van der Waals surface area contributed by atoms with Gasteiger partial charge in [-0.1, -0.05) is 6.07 Å². The smallest absolute Gasteiger partial charge is 0.410 e. The topological polar surface area (TPSA) is 70.6 Å². The predicted molar refractivity (Wildman–Crippen MR) is 117 cm³/mol. The van der Waals surface area contributed by atoms with Crippen LogP contribution in [-0.2, 0) is 30.5 Å². The van der Waals surface area contributed by atoms with Crippen LogP contribution in [-0.4, -0.2) is 58.1 Å². The maximum absolute atomic E-state index is 12.4. The first-order valence-electron chi connectivity index (χ1n) is 10.7. The number of nitrogens with one attached hydrogen (secondary N) is 1. The molecule has 0 radical (unpaired) electrons. The Labute approximate surface area is 178 Å². The standard InChI is InChI=1S/C23H31N5O2/c1-23(2,3)30-22(29)28-12-9-18-14-24-21(26-20(18)15-28)25-19-6-5-16-7-10-27(4)11-8-17(16)13-19/h5-6,13-14H,7-12,15H2,1-4H3,(H,24,25,26). The fraction of sp³-hybridized carbons (Fsp3) is 0.522. The minimum absolute atomic E-state index is 0.294. The molecule has 0 spiro atoms. The van der Waals surface area contributed by atoms with Gasteiger partial charge in [-0.3, -0.25) is 0 Å². The molecule has 7 nitrogen and oxygen atoms in total. The second-order valence-electron chi connectivity index (χ2n) is 9.23. The summed E-state index contributed by atoms with van der Waals surface area (Å²) in [5.41, 5.74) is 5.27. The number of ether oxygens (including phenoxy) is 1. The van der Waals surface area contributed by atoms with Crippen molar-refractivity contribution in [3.8, 4) is 0 Å². The molecule has 0 atom stereocenters. The van der Waals surface area contributed by atoms with Gasteiger partial charge in [-0.05, 0) is 75.9 Å². The van der Waals surface area contributed by atoms with Crippen molar-refractivity contribution in [1.82, 2.24) is 19.8 Å². The van der Waals surface area contributed by atoms with E-state index < -0.39 is 5.60 Å². The van der Waals surface area contributed by atoms with E-state index in [1.165, 1.54) is 11.1 Å². The maximum Gasteiger partial charge on any atom is 0.410 e. The van der Waals surface area contributed by atoms with Crippen LogP contribution in [0, 0.1) is 0 Å². The van der Waals surface area contributed by atoms with E-state index in [-0.39, 0.29) is 6.09 Å². The Morgan fingerprint density at radius 1 is 1.07 bits per heavy atom. The highest BCUT2D eigenvalue weighted by molar-refractivity contribution is 5.68. The molecule has 1 amide bonds. The number of nitrogens with zero attached hydrogens (tertiary/aromatic N) is 4. The van der Waals surface area contributed by atoms with Gasteiger partial charge >= 0.3 is 6.09 Å². The molecule has 1 N–H and O–H groups in total. The number of anilines is 2. The fourth-order valence-electron chi connectivity index (χ4n) is 3.89. The lowest BCUT2D eigenvalue weighted by Gasteiger charge is -2.30. The molecule has 3 heterocycles. The van der Waals surface area contributed by atoms with E-state index in [4.69, 9.17) is 9.72 Å². The molecule has 2 aliphatic rings. The predicted octanol–water partition coefficient (Wildman–Crippen LogP) is 3.54. The van der Waals surface area contributed by atoms with Crippen molar-refractivity contribution in [3.05, 3.63) is 46.8 Å². The number of benzene rings is 1. The Kier molecular flexibility index (Phi) is 5.64. The quantitative estimate of drug-likeness (QED) is 0.818. The van der Waals surface area contributed by atoms with E-state index >= 15 is 0 Å². The van der Waals surface area contributed by atoms with Crippen molar-refractivity contribution in [2.24, 2.45) is 0 Å². The van der Waals surface area contributed by atoms with Gasteiger partial charge in [0, 0.05) is 31.5 Å². The summed E-state index contributed by atoms with van der Waals surface area (Å²) in [7, 11) is 2.17. The van der Waals surface area contributed by atoms with Crippen LogP contribution in [0.15, 0.2) is 24.4 Å². The Balaban J connectivity index is 1.47. The molecule has 0 saturated heterocycles. The molecule has 1 aromatic heterocycles. The van der Waals surface area contributed by atoms with E-state index in [1.54, 1.807) is 4.90 Å². The van der Waals surface area contributed by atoms with Crippen LogP contribution in [0.3, 0.4) is 0 Å². The first-order chi connectivity index (χ1) is 14.3. The number of aromatic nitrogens is 2. The van der Waals surface area contributed by atoms with Crippen molar-refractivity contribution in [1.29, 1.82) is 0 Å². The van der Waals surface area contributed by atoms with E-state index in [9.17, 15) is 4.79 Å². The number of carbonyl (C=O) groups excluding carboxylic acids is 1. The van der Waals surface area contributed by atoms with E-state index in [0.29, 0.717) is 19.0 Å². The number of amides is 1. The lowest BCUT2D eigenvalue weighted by Crippen LogP contribution is -2.40. The molecule has 0 fully saturated rings. The minimum atomic E-state index is -0.504. The number of hydrogen-bond donors (Lipinski definition) is 1. The summed E-state index contributed by atoms with van der Waals surface area (Å²) in [5.74, 6) is 0.561. The summed E-state index contributed by atoms with van der Waals surface area (Å²) in [4.78, 5) is 25.7. The first kappa shape index (κ1) is 20.6. The third-order valence-corrected chi connectivity index (χ3v) is 5.59. The van der Waals surface area contributed by atoms with Crippen molar-refractivity contribution in [2.75, 3.05) is 32.0 Å². The third-order valence-electron chi connectivity index (χ3n) is 5.59. The average Bonchev–Trinajstić information content (AvgIpc) is 2.87. The van der Waals surface area contributed by atoms with Crippen molar-refractivity contribution in [2.45, 2.75) is 52.2 Å². The van der Waals surface area contributed by atoms with Crippen molar-refractivity contribution < 1.29 is 9.53 Å². The summed E-state index contributed by atoms with van der Waals surface area (Å²) in [5, 5.41) is 3.35. The Bertz CT molecular complexity index is 938. The molecule has 0 bridgehead atoms. The number of fused-ring (bicyclic) bond motifs is 2. The van der Waals surface area contributed by atoms with Gasteiger partial charge in [0.15, 0.2) is 0 Å². The highest BCUT2D eigenvalue weighted by Crippen LogP contribution is 2.24. The average molecular weight is 410 g/mol. The molecule has 1 aromatic carbocycles. The molecule has 7 heteroatoms. The van der Waals surface area contributed by atoms with Gasteiger partial charge in [-0.15, -0.1) is 0 Å². The summed E-state index contributed by atoms with van der Waals surface area (Å²) < 4.78 is 5.51. The molecule has 160 valence electrons. The largest absolute Gasteiger partial charge is 0.444 e. The van der Waals surface area contributed by atoms with Crippen LogP contribution >= 0.6 is 0 Å².